The van der Waals surface area contributed by atoms with Gasteiger partial charge in [-0.25, -0.2) is 4.39 Å². The molecule has 0 atom stereocenters. The largest absolute Gasteiger partial charge is 0.383 e. The lowest BCUT2D eigenvalue weighted by Crippen LogP contribution is -2.45. The van der Waals surface area contributed by atoms with Crippen molar-refractivity contribution in [1.29, 1.82) is 0 Å². The van der Waals surface area contributed by atoms with Crippen LogP contribution in [0.2, 0.25) is 0 Å². The summed E-state index contributed by atoms with van der Waals surface area (Å²) in [6.45, 7) is 3.52. The fourth-order valence-corrected chi connectivity index (χ4v) is 2.43. The summed E-state index contributed by atoms with van der Waals surface area (Å²) in [6, 6.07) is 6.20. The number of methoxy groups -OCH3 is 1. The minimum Gasteiger partial charge on any atom is -0.383 e. The Morgan fingerprint density at radius 1 is 1.40 bits per heavy atom. The van der Waals surface area contributed by atoms with E-state index in [4.69, 9.17) is 4.74 Å². The third-order valence-electron chi connectivity index (χ3n) is 3.65. The molecule has 0 aliphatic carbocycles. The second kappa shape index (κ2) is 7.36. The lowest BCUT2D eigenvalue weighted by molar-refractivity contribution is 0.0889. The number of halogens is 1. The van der Waals surface area contributed by atoms with Gasteiger partial charge < -0.3 is 15.0 Å². The first-order valence-electron chi connectivity index (χ1n) is 6.97. The predicted molar refractivity (Wildman–Crippen MR) is 75.2 cm³/mol. The maximum Gasteiger partial charge on any atom is 0.254 e. The molecule has 1 aromatic rings. The van der Waals surface area contributed by atoms with E-state index in [1.165, 1.54) is 12.1 Å². The number of rotatable bonds is 5. The minimum atomic E-state index is -0.470. The predicted octanol–water partition coefficient (Wildman–Crippen LogP) is 1.67. The van der Waals surface area contributed by atoms with Crippen LogP contribution in [0.5, 0.6) is 0 Å². The number of nitrogens with zero attached hydrogens (tertiary/aromatic N) is 1. The SMILES string of the molecule is COCCN1CCC(NC(=O)c2ccccc2F)CC1. The molecule has 1 aromatic carbocycles. The molecule has 4 nitrogen and oxygen atoms in total. The summed E-state index contributed by atoms with van der Waals surface area (Å²) >= 11 is 0. The average molecular weight is 280 g/mol. The van der Waals surface area contributed by atoms with E-state index >= 15 is 0 Å². The van der Waals surface area contributed by atoms with Gasteiger partial charge in [-0.05, 0) is 25.0 Å². The fraction of sp³-hybridized carbons (Fsp3) is 0.533. The number of nitrogens with one attached hydrogen (secondary N) is 1. The molecule has 0 spiro atoms. The lowest BCUT2D eigenvalue weighted by atomic mass is 10.0. The van der Waals surface area contributed by atoms with Gasteiger partial charge >= 0.3 is 0 Å². The third-order valence-corrected chi connectivity index (χ3v) is 3.65. The van der Waals surface area contributed by atoms with Crippen molar-refractivity contribution in [3.63, 3.8) is 0 Å². The maximum atomic E-state index is 13.5. The van der Waals surface area contributed by atoms with E-state index in [-0.39, 0.29) is 17.5 Å². The topological polar surface area (TPSA) is 41.6 Å². The first-order valence-corrected chi connectivity index (χ1v) is 6.97. The van der Waals surface area contributed by atoms with Gasteiger partial charge in [-0.3, -0.25) is 4.79 Å². The van der Waals surface area contributed by atoms with Gasteiger partial charge in [-0.2, -0.15) is 0 Å². The zero-order chi connectivity index (χ0) is 14.4. The Bertz CT molecular complexity index is 445. The summed E-state index contributed by atoms with van der Waals surface area (Å²) < 4.78 is 18.6. The van der Waals surface area contributed by atoms with E-state index in [1.807, 2.05) is 0 Å². The number of likely N-dealkylation sites (tertiary alicyclic amines) is 1. The van der Waals surface area contributed by atoms with Crippen LogP contribution in [0.25, 0.3) is 0 Å². The molecule has 0 radical (unpaired) electrons. The minimum absolute atomic E-state index is 0.120. The van der Waals surface area contributed by atoms with Gasteiger partial charge in [0.15, 0.2) is 0 Å². The van der Waals surface area contributed by atoms with Crippen molar-refractivity contribution < 1.29 is 13.9 Å². The fourth-order valence-electron chi connectivity index (χ4n) is 2.43. The van der Waals surface area contributed by atoms with E-state index in [0.717, 1.165) is 39.1 Å². The zero-order valence-corrected chi connectivity index (χ0v) is 11.8. The Kier molecular flexibility index (Phi) is 5.49. The molecule has 110 valence electrons. The van der Waals surface area contributed by atoms with Crippen LogP contribution in [0.4, 0.5) is 4.39 Å². The summed E-state index contributed by atoms with van der Waals surface area (Å²) in [7, 11) is 1.70. The molecule has 1 aliphatic heterocycles. The van der Waals surface area contributed by atoms with Crippen LogP contribution in [0.15, 0.2) is 24.3 Å². The number of hydrogen-bond donors (Lipinski definition) is 1. The molecule has 1 N–H and O–H groups in total. The van der Waals surface area contributed by atoms with Gasteiger partial charge in [0.25, 0.3) is 5.91 Å². The summed E-state index contributed by atoms with van der Waals surface area (Å²) in [5.74, 6) is -0.791. The molecule has 20 heavy (non-hydrogen) atoms. The highest BCUT2D eigenvalue weighted by Crippen LogP contribution is 2.12. The first kappa shape index (κ1) is 14.9. The Morgan fingerprint density at radius 3 is 2.75 bits per heavy atom. The molecule has 0 bridgehead atoms. The molecular formula is C15H21FN2O2. The summed E-state index contributed by atoms with van der Waals surface area (Å²) in [4.78, 5) is 14.3. The van der Waals surface area contributed by atoms with Crippen molar-refractivity contribution in [3.8, 4) is 0 Å². The lowest BCUT2D eigenvalue weighted by Gasteiger charge is -2.32. The number of ether oxygens (including phenoxy) is 1. The normalized spacial score (nSPS) is 17.1. The quantitative estimate of drug-likeness (QED) is 0.892. The summed E-state index contributed by atoms with van der Waals surface area (Å²) in [5.41, 5.74) is 0.120. The number of amides is 1. The Balaban J connectivity index is 1.81. The zero-order valence-electron chi connectivity index (χ0n) is 11.8. The number of carbonyl (C=O) groups excluding carboxylic acids is 1. The highest BCUT2D eigenvalue weighted by molar-refractivity contribution is 5.94. The van der Waals surface area contributed by atoms with Gasteiger partial charge in [-0.1, -0.05) is 12.1 Å². The summed E-state index contributed by atoms with van der Waals surface area (Å²) in [6.07, 6.45) is 1.79. The van der Waals surface area contributed by atoms with Crippen LogP contribution in [0.3, 0.4) is 0 Å². The monoisotopic (exact) mass is 280 g/mol. The second-order valence-corrected chi connectivity index (χ2v) is 5.06. The van der Waals surface area contributed by atoms with Crippen LogP contribution >= 0.6 is 0 Å². The Labute approximate surface area is 118 Å². The second-order valence-electron chi connectivity index (χ2n) is 5.06. The van der Waals surface area contributed by atoms with Crippen molar-refractivity contribution >= 4 is 5.91 Å². The Hall–Kier alpha value is -1.46. The number of hydrogen-bond acceptors (Lipinski definition) is 3. The van der Waals surface area contributed by atoms with Gasteiger partial charge in [-0.15, -0.1) is 0 Å². The highest BCUT2D eigenvalue weighted by Gasteiger charge is 2.21. The molecule has 2 rings (SSSR count). The molecule has 0 unspecified atom stereocenters. The van der Waals surface area contributed by atoms with Crippen molar-refractivity contribution in [1.82, 2.24) is 10.2 Å². The molecule has 1 amide bonds. The number of piperidine rings is 1. The van der Waals surface area contributed by atoms with E-state index < -0.39 is 5.82 Å². The average Bonchev–Trinajstić information content (AvgIpc) is 2.47. The van der Waals surface area contributed by atoms with E-state index in [2.05, 4.69) is 10.2 Å². The van der Waals surface area contributed by atoms with E-state index in [0.29, 0.717) is 0 Å². The third kappa shape index (κ3) is 4.02. The van der Waals surface area contributed by atoms with Crippen LogP contribution in [-0.2, 0) is 4.74 Å². The summed E-state index contributed by atoms with van der Waals surface area (Å²) in [5, 5.41) is 2.92. The van der Waals surface area contributed by atoms with E-state index in [1.54, 1.807) is 19.2 Å². The number of carbonyl (C=O) groups is 1. The smallest absolute Gasteiger partial charge is 0.254 e. The van der Waals surface area contributed by atoms with Crippen molar-refractivity contribution in [2.45, 2.75) is 18.9 Å². The molecule has 1 aliphatic rings. The van der Waals surface area contributed by atoms with Crippen molar-refractivity contribution in [2.24, 2.45) is 0 Å². The molecule has 0 saturated carbocycles. The standard InChI is InChI=1S/C15H21FN2O2/c1-20-11-10-18-8-6-12(7-9-18)17-15(19)13-4-2-3-5-14(13)16/h2-5,12H,6-11H2,1H3,(H,17,19). The number of benzene rings is 1. The van der Waals surface area contributed by atoms with Crippen molar-refractivity contribution in [2.75, 3.05) is 33.4 Å². The van der Waals surface area contributed by atoms with E-state index in [9.17, 15) is 9.18 Å². The molecule has 1 heterocycles. The van der Waals surface area contributed by atoms with Crippen LogP contribution in [0, 0.1) is 5.82 Å². The molecular weight excluding hydrogens is 259 g/mol. The van der Waals surface area contributed by atoms with Crippen molar-refractivity contribution in [3.05, 3.63) is 35.6 Å². The molecule has 1 fully saturated rings. The Morgan fingerprint density at radius 2 is 2.10 bits per heavy atom. The highest BCUT2D eigenvalue weighted by atomic mass is 19.1. The van der Waals surface area contributed by atoms with Gasteiger partial charge in [0.1, 0.15) is 5.82 Å². The van der Waals surface area contributed by atoms with Gasteiger partial charge in [0.05, 0.1) is 12.2 Å². The molecule has 0 aromatic heterocycles. The maximum absolute atomic E-state index is 13.5. The molecule has 5 heteroatoms. The van der Waals surface area contributed by atoms with Crippen LogP contribution < -0.4 is 5.32 Å². The van der Waals surface area contributed by atoms with Gasteiger partial charge in [0, 0.05) is 32.8 Å². The first-order chi connectivity index (χ1) is 9.70. The van der Waals surface area contributed by atoms with Crippen LogP contribution in [0.1, 0.15) is 23.2 Å². The van der Waals surface area contributed by atoms with Crippen LogP contribution in [-0.4, -0.2) is 50.2 Å². The van der Waals surface area contributed by atoms with Gasteiger partial charge in [0.2, 0.25) is 0 Å². The molecule has 1 saturated heterocycles.